The Hall–Kier alpha value is -2.68. The summed E-state index contributed by atoms with van der Waals surface area (Å²) in [5.41, 5.74) is 2.33. The topological polar surface area (TPSA) is 81.1 Å². The molecule has 0 saturated heterocycles. The van der Waals surface area contributed by atoms with Crippen molar-refractivity contribution in [3.63, 3.8) is 0 Å². The number of halogens is 1. The van der Waals surface area contributed by atoms with Crippen molar-refractivity contribution in [3.05, 3.63) is 75.8 Å². The van der Waals surface area contributed by atoms with Gasteiger partial charge in [0.15, 0.2) is 9.84 Å². The molecule has 6 nitrogen and oxygen atoms in total. The first kappa shape index (κ1) is 20.6. The Bertz CT molecular complexity index is 1360. The van der Waals surface area contributed by atoms with E-state index >= 15 is 0 Å². The van der Waals surface area contributed by atoms with Crippen LogP contribution >= 0.6 is 22.9 Å². The Kier molecular flexibility index (Phi) is 5.40. The number of benzene rings is 2. The van der Waals surface area contributed by atoms with Crippen molar-refractivity contribution in [3.8, 4) is 0 Å². The molecule has 0 radical (unpaired) electrons. The molecule has 0 aliphatic carbocycles. The second-order valence-electron chi connectivity index (χ2n) is 6.95. The van der Waals surface area contributed by atoms with Crippen molar-refractivity contribution < 1.29 is 13.2 Å². The molecule has 2 aromatic heterocycles. The molecular weight excluding hydrogens is 442 g/mol. The van der Waals surface area contributed by atoms with Crippen LogP contribution in [0.1, 0.15) is 20.9 Å². The van der Waals surface area contributed by atoms with Gasteiger partial charge in [-0.3, -0.25) is 9.48 Å². The first-order valence-corrected chi connectivity index (χ1v) is 12.1. The predicted octanol–water partition coefficient (Wildman–Crippen LogP) is 4.76. The summed E-state index contributed by atoms with van der Waals surface area (Å²) in [6.07, 6.45) is 1.13. The van der Waals surface area contributed by atoms with Gasteiger partial charge in [0, 0.05) is 22.4 Å². The smallest absolute Gasteiger partial charge is 0.265 e. The lowest BCUT2D eigenvalue weighted by Gasteiger charge is -2.06. The standard InChI is InChI=1S/C21H18ClN3O3S2/c1-13-18-11-19(20(26)23-16-4-3-5-17(10-16)30(2,27)28)29-21(18)25(24-13)12-14-6-8-15(22)9-7-14/h3-11H,12H2,1-2H3,(H,23,26). The van der Waals surface area contributed by atoms with Crippen LogP contribution in [0.25, 0.3) is 10.2 Å². The molecule has 0 spiro atoms. The molecule has 30 heavy (non-hydrogen) atoms. The minimum Gasteiger partial charge on any atom is -0.321 e. The number of anilines is 1. The summed E-state index contributed by atoms with van der Waals surface area (Å²) in [6, 6.07) is 15.6. The van der Waals surface area contributed by atoms with E-state index in [1.807, 2.05) is 41.9 Å². The van der Waals surface area contributed by atoms with Gasteiger partial charge in [-0.25, -0.2) is 8.42 Å². The van der Waals surface area contributed by atoms with Crippen LogP contribution in [0.2, 0.25) is 5.02 Å². The fraction of sp³-hybridized carbons (Fsp3) is 0.143. The second kappa shape index (κ2) is 7.86. The zero-order chi connectivity index (χ0) is 21.5. The largest absolute Gasteiger partial charge is 0.321 e. The zero-order valence-corrected chi connectivity index (χ0v) is 18.6. The van der Waals surface area contributed by atoms with Crippen LogP contribution in [-0.2, 0) is 16.4 Å². The Labute approximate surface area is 183 Å². The number of aryl methyl sites for hydroxylation is 1. The minimum absolute atomic E-state index is 0.158. The average molecular weight is 460 g/mol. The zero-order valence-electron chi connectivity index (χ0n) is 16.2. The lowest BCUT2D eigenvalue weighted by atomic mass is 10.2. The maximum absolute atomic E-state index is 12.8. The number of fused-ring (bicyclic) bond motifs is 1. The van der Waals surface area contributed by atoms with E-state index in [4.69, 9.17) is 11.6 Å². The maximum atomic E-state index is 12.8. The first-order chi connectivity index (χ1) is 14.2. The summed E-state index contributed by atoms with van der Waals surface area (Å²) in [7, 11) is -3.35. The van der Waals surface area contributed by atoms with Gasteiger partial charge in [-0.05, 0) is 48.9 Å². The van der Waals surface area contributed by atoms with Gasteiger partial charge in [0.2, 0.25) is 0 Å². The number of sulfone groups is 1. The van der Waals surface area contributed by atoms with E-state index in [1.165, 1.54) is 23.5 Å². The first-order valence-electron chi connectivity index (χ1n) is 9.03. The SMILES string of the molecule is Cc1nn(Cc2ccc(Cl)cc2)c2sc(C(=O)Nc3cccc(S(C)(=O)=O)c3)cc12. The fourth-order valence-electron chi connectivity index (χ4n) is 3.09. The van der Waals surface area contributed by atoms with E-state index in [0.717, 1.165) is 27.7 Å². The summed E-state index contributed by atoms with van der Waals surface area (Å²) >= 11 is 7.30. The molecule has 0 aliphatic rings. The lowest BCUT2D eigenvalue weighted by Crippen LogP contribution is -2.10. The van der Waals surface area contributed by atoms with Gasteiger partial charge in [-0.1, -0.05) is 29.8 Å². The van der Waals surface area contributed by atoms with Gasteiger partial charge < -0.3 is 5.32 Å². The number of carbonyl (C=O) groups excluding carboxylic acids is 1. The predicted molar refractivity (Wildman–Crippen MR) is 120 cm³/mol. The van der Waals surface area contributed by atoms with E-state index in [0.29, 0.717) is 22.1 Å². The Morgan fingerprint density at radius 2 is 1.90 bits per heavy atom. The van der Waals surface area contributed by atoms with E-state index in [2.05, 4.69) is 10.4 Å². The van der Waals surface area contributed by atoms with Crippen molar-refractivity contribution in [1.29, 1.82) is 0 Å². The van der Waals surface area contributed by atoms with Crippen LogP contribution in [-0.4, -0.2) is 30.4 Å². The molecule has 2 heterocycles. The molecule has 0 unspecified atom stereocenters. The summed E-state index contributed by atoms with van der Waals surface area (Å²) in [6.45, 7) is 2.48. The van der Waals surface area contributed by atoms with Gasteiger partial charge >= 0.3 is 0 Å². The number of hydrogen-bond donors (Lipinski definition) is 1. The van der Waals surface area contributed by atoms with Gasteiger partial charge in [0.05, 0.1) is 22.0 Å². The van der Waals surface area contributed by atoms with E-state index in [1.54, 1.807) is 12.1 Å². The molecule has 9 heteroatoms. The van der Waals surface area contributed by atoms with Crippen LogP contribution in [0.3, 0.4) is 0 Å². The third-order valence-corrected chi connectivity index (χ3v) is 7.11. The van der Waals surface area contributed by atoms with Crippen LogP contribution in [0.4, 0.5) is 5.69 Å². The van der Waals surface area contributed by atoms with Gasteiger partial charge in [0.25, 0.3) is 5.91 Å². The number of thiophene rings is 1. The van der Waals surface area contributed by atoms with Crippen molar-refractivity contribution in [2.24, 2.45) is 0 Å². The monoisotopic (exact) mass is 459 g/mol. The maximum Gasteiger partial charge on any atom is 0.265 e. The molecule has 0 bridgehead atoms. The number of amides is 1. The molecule has 154 valence electrons. The summed E-state index contributed by atoms with van der Waals surface area (Å²) in [5, 5.41) is 8.96. The number of carbonyl (C=O) groups is 1. The minimum atomic E-state index is -3.35. The molecule has 0 aliphatic heterocycles. The Morgan fingerprint density at radius 1 is 1.17 bits per heavy atom. The fourth-order valence-corrected chi connectivity index (χ4v) is 4.94. The van der Waals surface area contributed by atoms with Crippen molar-refractivity contribution in [2.75, 3.05) is 11.6 Å². The van der Waals surface area contributed by atoms with Crippen LogP contribution in [0.5, 0.6) is 0 Å². The van der Waals surface area contributed by atoms with Crippen molar-refractivity contribution >= 4 is 54.6 Å². The summed E-state index contributed by atoms with van der Waals surface area (Å²) in [5.74, 6) is -0.292. The van der Waals surface area contributed by atoms with Crippen molar-refractivity contribution in [2.45, 2.75) is 18.4 Å². The number of hydrogen-bond acceptors (Lipinski definition) is 5. The van der Waals surface area contributed by atoms with Crippen LogP contribution in [0.15, 0.2) is 59.5 Å². The van der Waals surface area contributed by atoms with E-state index in [-0.39, 0.29) is 10.8 Å². The molecule has 0 atom stereocenters. The highest BCUT2D eigenvalue weighted by atomic mass is 35.5. The molecule has 0 saturated carbocycles. The lowest BCUT2D eigenvalue weighted by molar-refractivity contribution is 0.103. The third-order valence-electron chi connectivity index (χ3n) is 4.60. The number of nitrogens with one attached hydrogen (secondary N) is 1. The molecule has 0 fully saturated rings. The Balaban J connectivity index is 1.61. The number of nitrogens with zero attached hydrogens (tertiary/aromatic N) is 2. The van der Waals surface area contributed by atoms with E-state index in [9.17, 15) is 13.2 Å². The molecular formula is C21H18ClN3O3S2. The van der Waals surface area contributed by atoms with Crippen LogP contribution < -0.4 is 5.32 Å². The van der Waals surface area contributed by atoms with Gasteiger partial charge in [0.1, 0.15) is 4.83 Å². The quantitative estimate of drug-likeness (QED) is 0.466. The molecule has 1 amide bonds. The molecule has 2 aromatic carbocycles. The summed E-state index contributed by atoms with van der Waals surface area (Å²) in [4.78, 5) is 14.4. The highest BCUT2D eigenvalue weighted by Crippen LogP contribution is 2.30. The highest BCUT2D eigenvalue weighted by Gasteiger charge is 2.17. The number of aromatic nitrogens is 2. The average Bonchev–Trinajstić information content (AvgIpc) is 3.25. The highest BCUT2D eigenvalue weighted by molar-refractivity contribution is 7.90. The normalized spacial score (nSPS) is 11.7. The van der Waals surface area contributed by atoms with Gasteiger partial charge in [-0.2, -0.15) is 5.10 Å². The number of rotatable bonds is 5. The molecule has 4 aromatic rings. The molecule has 4 rings (SSSR count). The summed E-state index contributed by atoms with van der Waals surface area (Å²) < 4.78 is 25.4. The second-order valence-corrected chi connectivity index (χ2v) is 10.4. The molecule has 1 N–H and O–H groups in total. The third kappa shape index (κ3) is 4.26. The van der Waals surface area contributed by atoms with Crippen molar-refractivity contribution in [1.82, 2.24) is 9.78 Å². The van der Waals surface area contributed by atoms with Gasteiger partial charge in [-0.15, -0.1) is 11.3 Å². The van der Waals surface area contributed by atoms with E-state index < -0.39 is 9.84 Å². The van der Waals surface area contributed by atoms with Crippen LogP contribution in [0, 0.1) is 6.92 Å². The Morgan fingerprint density at radius 3 is 2.60 bits per heavy atom.